The molecule has 0 aromatic heterocycles. The average Bonchev–Trinajstić information content (AvgIpc) is 2.16. The van der Waals surface area contributed by atoms with Crippen molar-refractivity contribution < 1.29 is 31.1 Å². The fourth-order valence-electron chi connectivity index (χ4n) is 0.954. The largest absolute Gasteiger partial charge is 0.288 e. The SMILES string of the molecule is CC(=O)SCCC(F)(F)C(F)CC(F)(F)CF. The summed E-state index contributed by atoms with van der Waals surface area (Å²) in [5.74, 6) is -8.44. The molecule has 0 amide bonds. The maximum absolute atomic E-state index is 13.0. The highest BCUT2D eigenvalue weighted by Crippen LogP contribution is 2.34. The molecule has 102 valence electrons. The first-order chi connectivity index (χ1) is 7.60. The van der Waals surface area contributed by atoms with E-state index in [1.165, 1.54) is 0 Å². The van der Waals surface area contributed by atoms with Crippen LogP contribution in [0.4, 0.5) is 26.3 Å². The molecule has 0 aliphatic heterocycles. The van der Waals surface area contributed by atoms with Crippen LogP contribution in [0.5, 0.6) is 0 Å². The Morgan fingerprint density at radius 1 is 1.29 bits per heavy atom. The monoisotopic (exact) mass is 282 g/mol. The van der Waals surface area contributed by atoms with Crippen LogP contribution in [0.25, 0.3) is 0 Å². The van der Waals surface area contributed by atoms with Crippen LogP contribution in [0.15, 0.2) is 0 Å². The lowest BCUT2D eigenvalue weighted by Gasteiger charge is -2.23. The molecule has 0 aromatic carbocycles. The van der Waals surface area contributed by atoms with Crippen molar-refractivity contribution in [1.82, 2.24) is 0 Å². The van der Waals surface area contributed by atoms with E-state index in [0.717, 1.165) is 6.92 Å². The van der Waals surface area contributed by atoms with Gasteiger partial charge in [-0.3, -0.25) is 4.79 Å². The van der Waals surface area contributed by atoms with Crippen LogP contribution < -0.4 is 0 Å². The van der Waals surface area contributed by atoms with Gasteiger partial charge in [0.1, 0.15) is 0 Å². The van der Waals surface area contributed by atoms with E-state index in [4.69, 9.17) is 0 Å². The Balaban J connectivity index is 4.24. The average molecular weight is 282 g/mol. The molecule has 0 N–H and O–H groups in total. The first kappa shape index (κ1) is 16.6. The highest BCUT2D eigenvalue weighted by Gasteiger charge is 2.46. The number of carbonyl (C=O) groups excluding carboxylic acids is 1. The highest BCUT2D eigenvalue weighted by atomic mass is 32.2. The number of thioether (sulfide) groups is 1. The molecule has 0 radical (unpaired) electrons. The van der Waals surface area contributed by atoms with E-state index in [0.29, 0.717) is 11.8 Å². The standard InChI is InChI=1S/C9H12F6OS/c1-6(16)17-3-2-9(14,15)7(11)4-8(12,13)5-10/h7H,2-5H2,1H3. The summed E-state index contributed by atoms with van der Waals surface area (Å²) in [6.07, 6.45) is -6.03. The molecule has 1 atom stereocenters. The maximum Gasteiger partial charge on any atom is 0.279 e. The first-order valence-corrected chi connectivity index (χ1v) is 5.68. The number of carbonyl (C=O) groups is 1. The molecule has 0 aliphatic rings. The smallest absolute Gasteiger partial charge is 0.279 e. The lowest BCUT2D eigenvalue weighted by Crippen LogP contribution is -2.36. The van der Waals surface area contributed by atoms with E-state index in [-0.39, 0.29) is 5.75 Å². The van der Waals surface area contributed by atoms with Gasteiger partial charge in [-0.25, -0.2) is 26.3 Å². The van der Waals surface area contributed by atoms with Crippen molar-refractivity contribution in [3.05, 3.63) is 0 Å². The van der Waals surface area contributed by atoms with E-state index in [1.807, 2.05) is 0 Å². The third kappa shape index (κ3) is 6.80. The van der Waals surface area contributed by atoms with Crippen LogP contribution in [0, 0.1) is 0 Å². The summed E-state index contributed by atoms with van der Waals surface area (Å²) in [6, 6.07) is 0. The van der Waals surface area contributed by atoms with E-state index >= 15 is 0 Å². The van der Waals surface area contributed by atoms with Crippen LogP contribution in [0.3, 0.4) is 0 Å². The second-order valence-corrected chi connectivity index (χ2v) is 4.78. The quantitative estimate of drug-likeness (QED) is 0.663. The normalized spacial score (nSPS) is 14.8. The second-order valence-electron chi connectivity index (χ2n) is 3.51. The zero-order valence-electron chi connectivity index (χ0n) is 8.99. The van der Waals surface area contributed by atoms with E-state index in [2.05, 4.69) is 0 Å². The summed E-state index contributed by atoms with van der Waals surface area (Å²) >= 11 is 0.552. The molecule has 17 heavy (non-hydrogen) atoms. The molecule has 0 rings (SSSR count). The minimum atomic E-state index is -4.09. The molecule has 0 saturated carbocycles. The Hall–Kier alpha value is -0.400. The summed E-state index contributed by atoms with van der Waals surface area (Å²) in [7, 11) is 0. The predicted octanol–water partition coefficient (Wildman–Crippen LogP) is 3.62. The summed E-state index contributed by atoms with van der Waals surface area (Å²) in [4.78, 5) is 10.4. The molecular weight excluding hydrogens is 270 g/mol. The van der Waals surface area contributed by atoms with Gasteiger partial charge in [0.05, 0.1) is 6.42 Å². The van der Waals surface area contributed by atoms with Gasteiger partial charge in [-0.1, -0.05) is 11.8 Å². The number of hydrogen-bond acceptors (Lipinski definition) is 2. The van der Waals surface area contributed by atoms with Crippen molar-refractivity contribution in [2.24, 2.45) is 0 Å². The summed E-state index contributed by atoms with van der Waals surface area (Å²) in [6.45, 7) is -1.03. The Morgan fingerprint density at radius 2 is 1.82 bits per heavy atom. The zero-order valence-corrected chi connectivity index (χ0v) is 9.81. The molecular formula is C9H12F6OS. The van der Waals surface area contributed by atoms with Crippen molar-refractivity contribution in [3.8, 4) is 0 Å². The third-order valence-electron chi connectivity index (χ3n) is 1.87. The molecule has 8 heteroatoms. The highest BCUT2D eigenvalue weighted by molar-refractivity contribution is 8.13. The van der Waals surface area contributed by atoms with Crippen LogP contribution >= 0.6 is 11.8 Å². The molecule has 0 fully saturated rings. The predicted molar refractivity (Wildman–Crippen MR) is 53.1 cm³/mol. The van der Waals surface area contributed by atoms with Crippen LogP contribution in [-0.4, -0.2) is 35.6 Å². The minimum absolute atomic E-state index is 0.371. The molecule has 0 saturated heterocycles. The maximum atomic E-state index is 13.0. The van der Waals surface area contributed by atoms with Crippen molar-refractivity contribution in [3.63, 3.8) is 0 Å². The zero-order chi connectivity index (χ0) is 13.7. The van der Waals surface area contributed by atoms with Gasteiger partial charge in [0.2, 0.25) is 0 Å². The van der Waals surface area contributed by atoms with Crippen molar-refractivity contribution in [2.75, 3.05) is 12.4 Å². The van der Waals surface area contributed by atoms with Gasteiger partial charge in [0.25, 0.3) is 11.8 Å². The van der Waals surface area contributed by atoms with Crippen molar-refractivity contribution in [1.29, 1.82) is 0 Å². The summed E-state index contributed by atoms with van der Waals surface area (Å²) in [5.41, 5.74) is 0. The van der Waals surface area contributed by atoms with Crippen LogP contribution in [0.1, 0.15) is 19.8 Å². The molecule has 0 aromatic rings. The number of alkyl halides is 6. The molecule has 1 nitrogen and oxygen atoms in total. The lowest BCUT2D eigenvalue weighted by molar-refractivity contribution is -0.123. The first-order valence-electron chi connectivity index (χ1n) is 4.70. The van der Waals surface area contributed by atoms with Gasteiger partial charge in [-0.15, -0.1) is 0 Å². The lowest BCUT2D eigenvalue weighted by atomic mass is 10.1. The summed E-state index contributed by atoms with van der Waals surface area (Å²) in [5, 5.41) is -0.426. The van der Waals surface area contributed by atoms with Gasteiger partial charge in [-0.05, 0) is 0 Å². The second kappa shape index (κ2) is 6.51. The molecule has 1 unspecified atom stereocenters. The van der Waals surface area contributed by atoms with Crippen molar-refractivity contribution >= 4 is 16.9 Å². The van der Waals surface area contributed by atoms with Crippen LogP contribution in [0.2, 0.25) is 0 Å². The molecule has 0 heterocycles. The van der Waals surface area contributed by atoms with Gasteiger partial charge in [0.15, 0.2) is 18.0 Å². The Labute approximate surface area is 98.9 Å². The minimum Gasteiger partial charge on any atom is -0.288 e. The van der Waals surface area contributed by atoms with Crippen LogP contribution in [-0.2, 0) is 4.79 Å². The third-order valence-corrected chi connectivity index (χ3v) is 2.69. The van der Waals surface area contributed by atoms with Gasteiger partial charge in [-0.2, -0.15) is 0 Å². The van der Waals surface area contributed by atoms with Gasteiger partial charge >= 0.3 is 0 Å². The Morgan fingerprint density at radius 3 is 2.24 bits per heavy atom. The molecule has 0 bridgehead atoms. The van der Waals surface area contributed by atoms with E-state index < -0.39 is 42.6 Å². The fraction of sp³-hybridized carbons (Fsp3) is 0.889. The van der Waals surface area contributed by atoms with E-state index in [9.17, 15) is 31.1 Å². The molecule has 0 aliphatic carbocycles. The van der Waals surface area contributed by atoms with Gasteiger partial charge in [0, 0.05) is 19.1 Å². The number of hydrogen-bond donors (Lipinski definition) is 0. The summed E-state index contributed by atoms with van der Waals surface area (Å²) < 4.78 is 75.3. The van der Waals surface area contributed by atoms with Crippen molar-refractivity contribution in [2.45, 2.75) is 37.8 Å². The Bertz CT molecular complexity index is 258. The number of rotatable bonds is 7. The topological polar surface area (TPSA) is 17.1 Å². The molecule has 0 spiro atoms. The number of halogens is 6. The Kier molecular flexibility index (Phi) is 6.36. The van der Waals surface area contributed by atoms with E-state index in [1.54, 1.807) is 0 Å². The fourth-order valence-corrected chi connectivity index (χ4v) is 1.62. The van der Waals surface area contributed by atoms with Gasteiger partial charge < -0.3 is 0 Å².